The van der Waals surface area contributed by atoms with Crippen LogP contribution in [0.15, 0.2) is 48.5 Å². The molecule has 1 unspecified atom stereocenters. The topological polar surface area (TPSA) is 40.5 Å². The SMILES string of the molecule is CCCN(Cc1ccc(C(=O)O)cc1)C1CCc2ccccc2C1. The minimum atomic E-state index is -0.865. The van der Waals surface area contributed by atoms with Crippen molar-refractivity contribution in [2.75, 3.05) is 6.54 Å². The molecule has 0 bridgehead atoms. The minimum Gasteiger partial charge on any atom is -0.478 e. The summed E-state index contributed by atoms with van der Waals surface area (Å²) in [6.07, 6.45) is 4.60. The molecule has 0 heterocycles. The van der Waals surface area contributed by atoms with Gasteiger partial charge in [-0.1, -0.05) is 43.3 Å². The van der Waals surface area contributed by atoms with Crippen LogP contribution in [0.5, 0.6) is 0 Å². The van der Waals surface area contributed by atoms with Gasteiger partial charge >= 0.3 is 5.97 Å². The molecule has 0 saturated carbocycles. The molecule has 3 heteroatoms. The smallest absolute Gasteiger partial charge is 0.335 e. The quantitative estimate of drug-likeness (QED) is 0.868. The van der Waals surface area contributed by atoms with E-state index in [-0.39, 0.29) is 0 Å². The first-order valence-electron chi connectivity index (χ1n) is 8.80. The van der Waals surface area contributed by atoms with E-state index in [1.54, 1.807) is 12.1 Å². The van der Waals surface area contributed by atoms with Crippen LogP contribution in [-0.2, 0) is 19.4 Å². The van der Waals surface area contributed by atoms with Crippen LogP contribution in [0.3, 0.4) is 0 Å². The van der Waals surface area contributed by atoms with Gasteiger partial charge in [0, 0.05) is 12.6 Å². The standard InChI is InChI=1S/C21H25NO2/c1-2-13-22(15-16-7-9-18(10-8-16)21(23)24)20-12-11-17-5-3-4-6-19(17)14-20/h3-10,20H,2,11-15H2,1H3,(H,23,24). The molecule has 126 valence electrons. The lowest BCUT2D eigenvalue weighted by Crippen LogP contribution is -2.39. The van der Waals surface area contributed by atoms with Gasteiger partial charge in [0.15, 0.2) is 0 Å². The van der Waals surface area contributed by atoms with Crippen molar-refractivity contribution in [3.05, 3.63) is 70.8 Å². The van der Waals surface area contributed by atoms with E-state index in [2.05, 4.69) is 36.1 Å². The Hall–Kier alpha value is -2.13. The molecule has 3 rings (SSSR count). The van der Waals surface area contributed by atoms with Gasteiger partial charge in [0.2, 0.25) is 0 Å². The number of carboxylic acid groups (broad SMARTS) is 1. The lowest BCUT2D eigenvalue weighted by Gasteiger charge is -2.35. The lowest BCUT2D eigenvalue weighted by molar-refractivity contribution is 0.0697. The maximum atomic E-state index is 11.0. The van der Waals surface area contributed by atoms with E-state index in [0.717, 1.165) is 32.4 Å². The summed E-state index contributed by atoms with van der Waals surface area (Å²) < 4.78 is 0. The highest BCUT2D eigenvalue weighted by atomic mass is 16.4. The molecule has 0 spiro atoms. The predicted octanol–water partition coefficient (Wildman–Crippen LogP) is 4.15. The fourth-order valence-corrected chi connectivity index (χ4v) is 3.66. The van der Waals surface area contributed by atoms with E-state index in [0.29, 0.717) is 11.6 Å². The number of aryl methyl sites for hydroxylation is 1. The molecule has 0 aliphatic heterocycles. The number of hydrogen-bond acceptors (Lipinski definition) is 2. The van der Waals surface area contributed by atoms with Crippen molar-refractivity contribution in [1.29, 1.82) is 0 Å². The number of hydrogen-bond donors (Lipinski definition) is 1. The summed E-state index contributed by atoms with van der Waals surface area (Å²) in [6.45, 7) is 4.19. The Kier molecular flexibility index (Phi) is 5.31. The summed E-state index contributed by atoms with van der Waals surface area (Å²) in [7, 11) is 0. The number of aromatic carboxylic acids is 1. The molecule has 0 amide bonds. The maximum absolute atomic E-state index is 11.0. The average Bonchev–Trinajstić information content (AvgIpc) is 2.61. The Morgan fingerprint density at radius 2 is 1.83 bits per heavy atom. The Morgan fingerprint density at radius 1 is 1.12 bits per heavy atom. The first kappa shape index (κ1) is 16.7. The van der Waals surface area contributed by atoms with Crippen LogP contribution in [0.1, 0.15) is 46.8 Å². The normalized spacial score (nSPS) is 16.8. The third kappa shape index (κ3) is 3.85. The van der Waals surface area contributed by atoms with E-state index >= 15 is 0 Å². The second-order valence-electron chi connectivity index (χ2n) is 6.64. The predicted molar refractivity (Wildman–Crippen MR) is 96.4 cm³/mol. The van der Waals surface area contributed by atoms with Crippen LogP contribution >= 0.6 is 0 Å². The van der Waals surface area contributed by atoms with E-state index in [4.69, 9.17) is 5.11 Å². The van der Waals surface area contributed by atoms with Crippen LogP contribution in [0.4, 0.5) is 0 Å². The Bertz CT molecular complexity index is 693. The third-order valence-corrected chi connectivity index (χ3v) is 4.93. The molecule has 1 aliphatic carbocycles. The van der Waals surface area contributed by atoms with Crippen molar-refractivity contribution in [3.63, 3.8) is 0 Å². The van der Waals surface area contributed by atoms with Crippen molar-refractivity contribution in [1.82, 2.24) is 4.90 Å². The zero-order chi connectivity index (χ0) is 16.9. The highest BCUT2D eigenvalue weighted by Crippen LogP contribution is 2.25. The number of carboxylic acids is 1. The molecule has 0 saturated heterocycles. The maximum Gasteiger partial charge on any atom is 0.335 e. The molecule has 2 aromatic rings. The summed E-state index contributed by atoms with van der Waals surface area (Å²) in [6, 6.07) is 16.7. The van der Waals surface area contributed by atoms with Crippen LogP contribution in [0.2, 0.25) is 0 Å². The van der Waals surface area contributed by atoms with Gasteiger partial charge in [0.1, 0.15) is 0 Å². The fourth-order valence-electron chi connectivity index (χ4n) is 3.66. The second-order valence-corrected chi connectivity index (χ2v) is 6.64. The zero-order valence-electron chi connectivity index (χ0n) is 14.2. The Labute approximate surface area is 143 Å². The lowest BCUT2D eigenvalue weighted by atomic mass is 9.87. The van der Waals surface area contributed by atoms with Crippen molar-refractivity contribution in [3.8, 4) is 0 Å². The van der Waals surface area contributed by atoms with E-state index < -0.39 is 5.97 Å². The first-order valence-corrected chi connectivity index (χ1v) is 8.80. The highest BCUT2D eigenvalue weighted by molar-refractivity contribution is 5.87. The number of rotatable bonds is 6. The zero-order valence-corrected chi connectivity index (χ0v) is 14.2. The molecular formula is C21H25NO2. The van der Waals surface area contributed by atoms with Crippen LogP contribution in [0.25, 0.3) is 0 Å². The van der Waals surface area contributed by atoms with Gasteiger partial charge in [-0.25, -0.2) is 4.79 Å². The van der Waals surface area contributed by atoms with Crippen molar-refractivity contribution < 1.29 is 9.90 Å². The summed E-state index contributed by atoms with van der Waals surface area (Å²) in [5.41, 5.74) is 4.52. The summed E-state index contributed by atoms with van der Waals surface area (Å²) in [5, 5.41) is 9.03. The van der Waals surface area contributed by atoms with E-state index in [1.165, 1.54) is 23.1 Å². The van der Waals surface area contributed by atoms with Crippen LogP contribution < -0.4 is 0 Å². The largest absolute Gasteiger partial charge is 0.478 e. The Balaban J connectivity index is 1.72. The molecule has 2 aromatic carbocycles. The molecule has 0 radical (unpaired) electrons. The molecule has 0 fully saturated rings. The number of carbonyl (C=O) groups is 1. The van der Waals surface area contributed by atoms with E-state index in [1.807, 2.05) is 12.1 Å². The van der Waals surface area contributed by atoms with Gasteiger partial charge in [-0.15, -0.1) is 0 Å². The molecule has 1 atom stereocenters. The van der Waals surface area contributed by atoms with Crippen LogP contribution in [0, 0.1) is 0 Å². The van der Waals surface area contributed by atoms with Gasteiger partial charge in [-0.2, -0.15) is 0 Å². The number of fused-ring (bicyclic) bond motifs is 1. The van der Waals surface area contributed by atoms with Gasteiger partial charge in [-0.05, 0) is 61.1 Å². The molecule has 0 aromatic heterocycles. The fraction of sp³-hybridized carbons (Fsp3) is 0.381. The second kappa shape index (κ2) is 7.63. The van der Waals surface area contributed by atoms with Crippen molar-refractivity contribution in [2.45, 2.75) is 45.2 Å². The van der Waals surface area contributed by atoms with Gasteiger partial charge in [-0.3, -0.25) is 4.90 Å². The number of benzene rings is 2. The molecule has 1 aliphatic rings. The molecule has 1 N–H and O–H groups in total. The van der Waals surface area contributed by atoms with Crippen molar-refractivity contribution in [2.24, 2.45) is 0 Å². The van der Waals surface area contributed by atoms with Gasteiger partial charge in [0.25, 0.3) is 0 Å². The van der Waals surface area contributed by atoms with E-state index in [9.17, 15) is 4.79 Å². The van der Waals surface area contributed by atoms with Gasteiger partial charge in [0.05, 0.1) is 5.56 Å². The minimum absolute atomic E-state index is 0.354. The molecule has 24 heavy (non-hydrogen) atoms. The first-order chi connectivity index (χ1) is 11.7. The summed E-state index contributed by atoms with van der Waals surface area (Å²) in [5.74, 6) is -0.865. The van der Waals surface area contributed by atoms with Crippen LogP contribution in [-0.4, -0.2) is 28.6 Å². The summed E-state index contributed by atoms with van der Waals surface area (Å²) >= 11 is 0. The highest BCUT2D eigenvalue weighted by Gasteiger charge is 2.23. The average molecular weight is 323 g/mol. The molecular weight excluding hydrogens is 298 g/mol. The third-order valence-electron chi connectivity index (χ3n) is 4.93. The monoisotopic (exact) mass is 323 g/mol. The number of nitrogens with zero attached hydrogens (tertiary/aromatic N) is 1. The van der Waals surface area contributed by atoms with Crippen molar-refractivity contribution >= 4 is 5.97 Å². The Morgan fingerprint density at radius 3 is 2.50 bits per heavy atom. The summed E-state index contributed by atoms with van der Waals surface area (Å²) in [4.78, 5) is 13.6. The molecule has 3 nitrogen and oxygen atoms in total. The van der Waals surface area contributed by atoms with Gasteiger partial charge < -0.3 is 5.11 Å².